The van der Waals surface area contributed by atoms with E-state index in [2.05, 4.69) is 10.6 Å². The van der Waals surface area contributed by atoms with Crippen molar-refractivity contribution in [1.29, 1.82) is 0 Å². The molecule has 4 amide bonds. The van der Waals surface area contributed by atoms with E-state index in [1.165, 1.54) is 11.8 Å². The third kappa shape index (κ3) is 7.47. The van der Waals surface area contributed by atoms with Gasteiger partial charge in [0.05, 0.1) is 12.1 Å². The number of carbonyl (C=O) groups is 5. The molecule has 0 bridgehead atoms. The molecule has 176 valence electrons. The minimum Gasteiger partial charge on any atom is -0.480 e. The number of carboxylic acids is 1. The minimum absolute atomic E-state index is 0.0543. The Morgan fingerprint density at radius 3 is 2.19 bits per heavy atom. The van der Waals surface area contributed by atoms with Crippen LogP contribution in [-0.2, 0) is 24.0 Å². The summed E-state index contributed by atoms with van der Waals surface area (Å²) in [6.07, 6.45) is -0.395. The van der Waals surface area contributed by atoms with Crippen LogP contribution in [0.5, 0.6) is 0 Å². The highest BCUT2D eigenvalue weighted by atomic mass is 16.4. The summed E-state index contributed by atoms with van der Waals surface area (Å²) in [4.78, 5) is 61.5. The standard InChI is InChI=1S/C19H33N5O7/c1-9(2)14(17(28)23-15(10(3)25)19(30)31)22-16(27)12-5-4-8-24(12)18(29)11(20)6-7-13(21)26/h9-12,14-15,25H,4-8,20H2,1-3H3,(H2,21,26)(H,22,27)(H,23,28)(H,30,31). The third-order valence-corrected chi connectivity index (χ3v) is 5.15. The van der Waals surface area contributed by atoms with Crippen molar-refractivity contribution in [2.75, 3.05) is 6.54 Å². The molecule has 1 heterocycles. The van der Waals surface area contributed by atoms with E-state index < -0.39 is 65.8 Å². The smallest absolute Gasteiger partial charge is 0.328 e. The predicted octanol–water partition coefficient (Wildman–Crippen LogP) is -2.34. The number of primary amides is 1. The van der Waals surface area contributed by atoms with Gasteiger partial charge in [-0.3, -0.25) is 19.2 Å². The number of aliphatic hydroxyl groups excluding tert-OH is 1. The van der Waals surface area contributed by atoms with Crippen molar-refractivity contribution in [2.24, 2.45) is 17.4 Å². The first-order valence-corrected chi connectivity index (χ1v) is 10.2. The van der Waals surface area contributed by atoms with E-state index in [9.17, 15) is 29.1 Å². The second kappa shape index (κ2) is 11.6. The van der Waals surface area contributed by atoms with Gasteiger partial charge >= 0.3 is 5.97 Å². The highest BCUT2D eigenvalue weighted by Gasteiger charge is 2.38. The van der Waals surface area contributed by atoms with Gasteiger partial charge in [0.2, 0.25) is 23.6 Å². The summed E-state index contributed by atoms with van der Waals surface area (Å²) in [6, 6.07) is -4.42. The number of amides is 4. The average molecular weight is 444 g/mol. The molecule has 1 saturated heterocycles. The molecule has 5 unspecified atom stereocenters. The van der Waals surface area contributed by atoms with E-state index in [-0.39, 0.29) is 12.8 Å². The molecule has 0 aromatic rings. The maximum Gasteiger partial charge on any atom is 0.328 e. The van der Waals surface area contributed by atoms with Crippen LogP contribution in [0.3, 0.4) is 0 Å². The summed E-state index contributed by atoms with van der Waals surface area (Å²) in [5.74, 6) is -4.19. The fourth-order valence-electron chi connectivity index (χ4n) is 3.35. The van der Waals surface area contributed by atoms with E-state index in [4.69, 9.17) is 16.6 Å². The van der Waals surface area contributed by atoms with Crippen LogP contribution >= 0.6 is 0 Å². The molecule has 31 heavy (non-hydrogen) atoms. The zero-order valence-electron chi connectivity index (χ0n) is 18.0. The van der Waals surface area contributed by atoms with Crippen LogP contribution < -0.4 is 22.1 Å². The van der Waals surface area contributed by atoms with Gasteiger partial charge in [-0.2, -0.15) is 0 Å². The van der Waals surface area contributed by atoms with E-state index in [0.29, 0.717) is 19.4 Å². The Morgan fingerprint density at radius 2 is 1.71 bits per heavy atom. The molecule has 12 heteroatoms. The Balaban J connectivity index is 2.86. The summed E-state index contributed by atoms with van der Waals surface area (Å²) >= 11 is 0. The molecule has 0 spiro atoms. The van der Waals surface area contributed by atoms with Crippen molar-refractivity contribution >= 4 is 29.6 Å². The predicted molar refractivity (Wildman–Crippen MR) is 109 cm³/mol. The van der Waals surface area contributed by atoms with Gasteiger partial charge in [0.15, 0.2) is 6.04 Å². The van der Waals surface area contributed by atoms with Crippen LogP contribution in [0.25, 0.3) is 0 Å². The second-order valence-electron chi connectivity index (χ2n) is 8.10. The van der Waals surface area contributed by atoms with Crippen LogP contribution in [0.1, 0.15) is 46.5 Å². The number of nitrogens with two attached hydrogens (primary N) is 2. The Morgan fingerprint density at radius 1 is 1.10 bits per heavy atom. The molecule has 0 aliphatic carbocycles. The summed E-state index contributed by atoms with van der Waals surface area (Å²) in [7, 11) is 0. The molecule has 5 atom stereocenters. The van der Waals surface area contributed by atoms with E-state index in [1.54, 1.807) is 13.8 Å². The van der Waals surface area contributed by atoms with Crippen LogP contribution in [0.15, 0.2) is 0 Å². The normalized spacial score (nSPS) is 19.9. The molecule has 1 rings (SSSR count). The minimum atomic E-state index is -1.53. The van der Waals surface area contributed by atoms with E-state index >= 15 is 0 Å². The lowest BCUT2D eigenvalue weighted by molar-refractivity contribution is -0.146. The van der Waals surface area contributed by atoms with E-state index in [1.807, 2.05) is 0 Å². The number of hydrogen-bond donors (Lipinski definition) is 6. The monoisotopic (exact) mass is 443 g/mol. The van der Waals surface area contributed by atoms with Gasteiger partial charge < -0.3 is 37.2 Å². The first kappa shape index (κ1) is 26.3. The molecule has 0 aromatic heterocycles. The van der Waals surface area contributed by atoms with Gasteiger partial charge in [-0.05, 0) is 32.1 Å². The van der Waals surface area contributed by atoms with Crippen molar-refractivity contribution in [3.8, 4) is 0 Å². The topological polar surface area (TPSA) is 205 Å². The molecule has 1 fully saturated rings. The number of aliphatic carboxylic acids is 1. The Hall–Kier alpha value is -2.73. The Kier molecular flexibility index (Phi) is 9.85. The summed E-state index contributed by atoms with van der Waals surface area (Å²) < 4.78 is 0. The zero-order chi connectivity index (χ0) is 23.9. The zero-order valence-corrected chi connectivity index (χ0v) is 18.0. The lowest BCUT2D eigenvalue weighted by Gasteiger charge is -2.30. The van der Waals surface area contributed by atoms with Gasteiger partial charge in [0, 0.05) is 13.0 Å². The number of nitrogens with zero attached hydrogens (tertiary/aromatic N) is 1. The van der Waals surface area contributed by atoms with Crippen molar-refractivity contribution in [3.63, 3.8) is 0 Å². The van der Waals surface area contributed by atoms with Gasteiger partial charge in [-0.25, -0.2) is 4.79 Å². The second-order valence-corrected chi connectivity index (χ2v) is 8.10. The van der Waals surface area contributed by atoms with Gasteiger partial charge in [0.25, 0.3) is 0 Å². The SMILES string of the molecule is CC(C)C(NC(=O)C1CCCN1C(=O)C(N)CCC(N)=O)C(=O)NC(C(=O)O)C(C)O. The molecule has 0 aromatic carbocycles. The number of rotatable bonds is 11. The number of carbonyl (C=O) groups excluding carboxylic acids is 4. The van der Waals surface area contributed by atoms with Gasteiger partial charge in [-0.15, -0.1) is 0 Å². The van der Waals surface area contributed by atoms with Crippen LogP contribution in [0.4, 0.5) is 0 Å². The van der Waals surface area contributed by atoms with Crippen LogP contribution in [0.2, 0.25) is 0 Å². The molecular formula is C19H33N5O7. The van der Waals surface area contributed by atoms with Crippen molar-refractivity contribution in [1.82, 2.24) is 15.5 Å². The van der Waals surface area contributed by atoms with Gasteiger partial charge in [0.1, 0.15) is 12.1 Å². The Bertz CT molecular complexity index is 697. The Labute approximate surface area is 180 Å². The van der Waals surface area contributed by atoms with Crippen molar-refractivity contribution in [3.05, 3.63) is 0 Å². The fraction of sp³-hybridized carbons (Fsp3) is 0.737. The number of carboxylic acid groups (broad SMARTS) is 1. The highest BCUT2D eigenvalue weighted by molar-refractivity contribution is 5.94. The molecule has 12 nitrogen and oxygen atoms in total. The number of likely N-dealkylation sites (tertiary alicyclic amines) is 1. The lowest BCUT2D eigenvalue weighted by atomic mass is 10.0. The number of nitrogens with one attached hydrogen (secondary N) is 2. The first-order valence-electron chi connectivity index (χ1n) is 10.2. The largest absolute Gasteiger partial charge is 0.480 e. The molecule has 0 saturated carbocycles. The first-order chi connectivity index (χ1) is 14.4. The summed E-state index contributed by atoms with van der Waals surface area (Å²) in [5.41, 5.74) is 10.9. The fourth-order valence-corrected chi connectivity index (χ4v) is 3.35. The maximum atomic E-state index is 12.9. The quantitative estimate of drug-likeness (QED) is 0.203. The maximum absolute atomic E-state index is 12.9. The lowest BCUT2D eigenvalue weighted by Crippen LogP contribution is -2.59. The van der Waals surface area contributed by atoms with Crippen molar-refractivity contribution < 1.29 is 34.2 Å². The molecule has 8 N–H and O–H groups in total. The van der Waals surface area contributed by atoms with Crippen LogP contribution in [-0.4, -0.2) is 81.5 Å². The van der Waals surface area contributed by atoms with Gasteiger partial charge in [-0.1, -0.05) is 13.8 Å². The molecule has 1 aliphatic rings. The summed E-state index contributed by atoms with van der Waals surface area (Å²) in [6.45, 7) is 4.87. The summed E-state index contributed by atoms with van der Waals surface area (Å²) in [5, 5.41) is 23.5. The molecular weight excluding hydrogens is 410 g/mol. The van der Waals surface area contributed by atoms with Crippen LogP contribution in [0, 0.1) is 5.92 Å². The van der Waals surface area contributed by atoms with Crippen molar-refractivity contribution in [2.45, 2.75) is 76.7 Å². The molecule has 1 aliphatic heterocycles. The number of hydrogen-bond acceptors (Lipinski definition) is 7. The molecule has 0 radical (unpaired) electrons. The number of aliphatic hydroxyl groups is 1. The highest BCUT2D eigenvalue weighted by Crippen LogP contribution is 2.20. The third-order valence-electron chi connectivity index (χ3n) is 5.15. The average Bonchev–Trinajstić information content (AvgIpc) is 3.16. The van der Waals surface area contributed by atoms with E-state index in [0.717, 1.165) is 0 Å².